The van der Waals surface area contributed by atoms with Gasteiger partial charge in [0.15, 0.2) is 0 Å². The molecule has 2 amide bonds. The molecule has 21 heavy (non-hydrogen) atoms. The summed E-state index contributed by atoms with van der Waals surface area (Å²) in [5.74, 6) is 1.53. The third kappa shape index (κ3) is 3.05. The number of amides is 2. The summed E-state index contributed by atoms with van der Waals surface area (Å²) in [6.07, 6.45) is 5.64. The van der Waals surface area contributed by atoms with Crippen LogP contribution in [0.3, 0.4) is 0 Å². The molecule has 1 aromatic rings. The van der Waals surface area contributed by atoms with Crippen molar-refractivity contribution in [3.63, 3.8) is 0 Å². The molecule has 3 rings (SSSR count). The number of hydrogen-bond donors (Lipinski definition) is 2. The van der Waals surface area contributed by atoms with E-state index in [-0.39, 0.29) is 18.6 Å². The van der Waals surface area contributed by atoms with Crippen molar-refractivity contribution in [2.24, 2.45) is 13.0 Å². The number of aliphatic hydroxyl groups excluding tert-OH is 1. The number of aliphatic hydroxyl groups is 1. The van der Waals surface area contributed by atoms with Crippen LogP contribution in [0.5, 0.6) is 0 Å². The van der Waals surface area contributed by atoms with Gasteiger partial charge in [0.25, 0.3) is 0 Å². The van der Waals surface area contributed by atoms with Gasteiger partial charge in [0.2, 0.25) is 0 Å². The lowest BCUT2D eigenvalue weighted by atomic mass is 9.83. The summed E-state index contributed by atoms with van der Waals surface area (Å²) < 4.78 is 1.75. The van der Waals surface area contributed by atoms with Gasteiger partial charge in [-0.1, -0.05) is 6.42 Å². The number of nitrogens with zero attached hydrogens (tertiary/aromatic N) is 3. The Kier molecular flexibility index (Phi) is 4.14. The zero-order valence-corrected chi connectivity index (χ0v) is 12.6. The molecule has 6 nitrogen and oxygen atoms in total. The van der Waals surface area contributed by atoms with E-state index in [9.17, 15) is 9.90 Å². The van der Waals surface area contributed by atoms with Gasteiger partial charge in [0, 0.05) is 38.7 Å². The van der Waals surface area contributed by atoms with Crippen LogP contribution in [-0.4, -0.2) is 45.5 Å². The van der Waals surface area contributed by atoms with Gasteiger partial charge in [-0.3, -0.25) is 10.00 Å². The Bertz CT molecular complexity index is 510. The standard InChI is InChI=1S/C15H24N4O2/c1-18-14(8-13(17-18)12-5-2-6-12)16-15(21)19-7-3-4-11(9-19)10-20/h8,11-12,20H,2-7,9-10H2,1H3,(H,16,21). The van der Waals surface area contributed by atoms with E-state index in [0.29, 0.717) is 12.5 Å². The fourth-order valence-electron chi connectivity index (χ4n) is 3.10. The SMILES string of the molecule is Cn1nc(C2CCC2)cc1NC(=O)N1CCCC(CO)C1. The lowest BCUT2D eigenvalue weighted by molar-refractivity contribution is 0.136. The van der Waals surface area contributed by atoms with Crippen molar-refractivity contribution in [3.05, 3.63) is 11.8 Å². The zero-order chi connectivity index (χ0) is 14.8. The van der Waals surface area contributed by atoms with Crippen LogP contribution < -0.4 is 5.32 Å². The summed E-state index contributed by atoms with van der Waals surface area (Å²) in [6.45, 7) is 1.55. The molecule has 0 bridgehead atoms. The predicted octanol–water partition coefficient (Wildman–Crippen LogP) is 1.92. The Balaban J connectivity index is 1.62. The second kappa shape index (κ2) is 6.05. The molecule has 1 saturated heterocycles. The smallest absolute Gasteiger partial charge is 0.323 e. The van der Waals surface area contributed by atoms with Gasteiger partial charge >= 0.3 is 6.03 Å². The zero-order valence-electron chi connectivity index (χ0n) is 12.6. The third-order valence-corrected chi connectivity index (χ3v) is 4.72. The second-order valence-electron chi connectivity index (χ2n) is 6.27. The van der Waals surface area contributed by atoms with E-state index in [1.807, 2.05) is 13.1 Å². The first kappa shape index (κ1) is 14.4. The largest absolute Gasteiger partial charge is 0.396 e. The number of nitrogens with one attached hydrogen (secondary N) is 1. The summed E-state index contributed by atoms with van der Waals surface area (Å²) in [5.41, 5.74) is 1.09. The minimum Gasteiger partial charge on any atom is -0.396 e. The molecule has 2 N–H and O–H groups in total. The molecule has 1 aromatic heterocycles. The van der Waals surface area contributed by atoms with Crippen LogP contribution in [0.15, 0.2) is 6.07 Å². The molecule has 2 aliphatic rings. The van der Waals surface area contributed by atoms with Gasteiger partial charge in [-0.25, -0.2) is 4.79 Å². The van der Waals surface area contributed by atoms with E-state index < -0.39 is 0 Å². The van der Waals surface area contributed by atoms with Crippen LogP contribution in [0.2, 0.25) is 0 Å². The monoisotopic (exact) mass is 292 g/mol. The number of carbonyl (C=O) groups is 1. The van der Waals surface area contributed by atoms with Crippen molar-refractivity contribution in [1.29, 1.82) is 0 Å². The van der Waals surface area contributed by atoms with Crippen LogP contribution in [0.1, 0.15) is 43.7 Å². The molecule has 6 heteroatoms. The lowest BCUT2D eigenvalue weighted by Crippen LogP contribution is -2.43. The van der Waals surface area contributed by atoms with E-state index in [1.165, 1.54) is 19.3 Å². The van der Waals surface area contributed by atoms with E-state index >= 15 is 0 Å². The highest BCUT2D eigenvalue weighted by molar-refractivity contribution is 5.88. The van der Waals surface area contributed by atoms with Crippen LogP contribution >= 0.6 is 0 Å². The van der Waals surface area contributed by atoms with Crippen molar-refractivity contribution >= 4 is 11.8 Å². The summed E-state index contributed by atoms with van der Waals surface area (Å²) in [5, 5.41) is 16.7. The number of carbonyl (C=O) groups excluding carboxylic acids is 1. The Morgan fingerprint density at radius 2 is 2.24 bits per heavy atom. The number of urea groups is 1. The number of hydrogen-bond acceptors (Lipinski definition) is 3. The maximum Gasteiger partial charge on any atom is 0.323 e. The normalized spacial score (nSPS) is 23.0. The molecular weight excluding hydrogens is 268 g/mol. The molecule has 1 aliphatic heterocycles. The van der Waals surface area contributed by atoms with Crippen LogP contribution in [0, 0.1) is 5.92 Å². The number of rotatable bonds is 3. The second-order valence-corrected chi connectivity index (χ2v) is 6.27. The first-order valence-corrected chi connectivity index (χ1v) is 7.88. The molecule has 2 heterocycles. The number of anilines is 1. The van der Waals surface area contributed by atoms with Crippen molar-refractivity contribution in [1.82, 2.24) is 14.7 Å². The Morgan fingerprint density at radius 1 is 1.43 bits per heavy atom. The van der Waals surface area contributed by atoms with Gasteiger partial charge < -0.3 is 10.0 Å². The van der Waals surface area contributed by atoms with Crippen LogP contribution in [0.4, 0.5) is 10.6 Å². The maximum atomic E-state index is 12.3. The molecule has 1 unspecified atom stereocenters. The summed E-state index contributed by atoms with van der Waals surface area (Å²) in [6, 6.07) is 1.91. The quantitative estimate of drug-likeness (QED) is 0.894. The van der Waals surface area contributed by atoms with E-state index in [2.05, 4.69) is 10.4 Å². The minimum absolute atomic E-state index is 0.0868. The Hall–Kier alpha value is -1.56. The molecule has 1 saturated carbocycles. The lowest BCUT2D eigenvalue weighted by Gasteiger charge is -2.31. The highest BCUT2D eigenvalue weighted by atomic mass is 16.3. The van der Waals surface area contributed by atoms with E-state index in [0.717, 1.165) is 30.9 Å². The van der Waals surface area contributed by atoms with Crippen LogP contribution in [-0.2, 0) is 7.05 Å². The average Bonchev–Trinajstić information content (AvgIpc) is 2.77. The number of aromatic nitrogens is 2. The molecule has 0 spiro atoms. The number of likely N-dealkylation sites (tertiary alicyclic amines) is 1. The molecular formula is C15H24N4O2. The molecule has 2 fully saturated rings. The molecule has 1 atom stereocenters. The Labute approximate surface area is 125 Å². The molecule has 1 aliphatic carbocycles. The fraction of sp³-hybridized carbons (Fsp3) is 0.733. The van der Waals surface area contributed by atoms with Crippen molar-refractivity contribution < 1.29 is 9.90 Å². The first-order chi connectivity index (χ1) is 10.2. The Morgan fingerprint density at radius 3 is 2.90 bits per heavy atom. The van der Waals surface area contributed by atoms with Crippen molar-refractivity contribution in [3.8, 4) is 0 Å². The summed E-state index contributed by atoms with van der Waals surface area (Å²) in [4.78, 5) is 14.1. The van der Waals surface area contributed by atoms with Crippen molar-refractivity contribution in [2.75, 3.05) is 25.0 Å². The highest BCUT2D eigenvalue weighted by Gasteiger charge is 2.26. The van der Waals surface area contributed by atoms with E-state index in [1.54, 1.807) is 9.58 Å². The topological polar surface area (TPSA) is 70.4 Å². The van der Waals surface area contributed by atoms with Crippen molar-refractivity contribution in [2.45, 2.75) is 38.0 Å². The number of aryl methyl sites for hydroxylation is 1. The fourth-order valence-corrected chi connectivity index (χ4v) is 3.10. The first-order valence-electron chi connectivity index (χ1n) is 7.88. The van der Waals surface area contributed by atoms with Gasteiger partial charge in [-0.05, 0) is 31.6 Å². The third-order valence-electron chi connectivity index (χ3n) is 4.72. The van der Waals surface area contributed by atoms with Gasteiger partial charge in [0.05, 0.1) is 5.69 Å². The van der Waals surface area contributed by atoms with Crippen LogP contribution in [0.25, 0.3) is 0 Å². The highest BCUT2D eigenvalue weighted by Crippen LogP contribution is 2.36. The number of piperidine rings is 1. The van der Waals surface area contributed by atoms with Gasteiger partial charge in [-0.2, -0.15) is 5.10 Å². The molecule has 0 aromatic carbocycles. The maximum absolute atomic E-state index is 12.3. The molecule has 0 radical (unpaired) electrons. The average molecular weight is 292 g/mol. The van der Waals surface area contributed by atoms with Gasteiger partial charge in [0.1, 0.15) is 5.82 Å². The predicted molar refractivity (Wildman–Crippen MR) is 80.2 cm³/mol. The summed E-state index contributed by atoms with van der Waals surface area (Å²) in [7, 11) is 1.87. The van der Waals surface area contributed by atoms with E-state index in [4.69, 9.17) is 0 Å². The molecule has 116 valence electrons. The summed E-state index contributed by atoms with van der Waals surface area (Å²) >= 11 is 0. The minimum atomic E-state index is -0.0868. The van der Waals surface area contributed by atoms with Gasteiger partial charge in [-0.15, -0.1) is 0 Å².